The average Bonchev–Trinajstić information content (AvgIpc) is 2.69. The van der Waals surface area contributed by atoms with E-state index in [0.29, 0.717) is 5.41 Å². The van der Waals surface area contributed by atoms with Gasteiger partial charge in [-0.25, -0.2) is 0 Å². The van der Waals surface area contributed by atoms with Gasteiger partial charge in [0.05, 0.1) is 0 Å². The number of hydrogen-bond donors (Lipinski definition) is 1. The van der Waals surface area contributed by atoms with Gasteiger partial charge in [0.1, 0.15) is 0 Å². The van der Waals surface area contributed by atoms with E-state index in [-0.39, 0.29) is 0 Å². The summed E-state index contributed by atoms with van der Waals surface area (Å²) < 4.78 is 0. The molecular weight excluding hydrogens is 190 g/mol. The van der Waals surface area contributed by atoms with E-state index in [4.69, 9.17) is 0 Å². The Morgan fingerprint density at radius 1 is 1.36 bits per heavy atom. The molecule has 80 valence electrons. The van der Waals surface area contributed by atoms with Gasteiger partial charge in [-0.1, -0.05) is 13.8 Å². The molecule has 0 bridgehead atoms. The van der Waals surface area contributed by atoms with Gasteiger partial charge < -0.3 is 5.32 Å². The zero-order valence-corrected chi connectivity index (χ0v) is 10.3. The molecule has 0 amide bonds. The molecule has 14 heavy (non-hydrogen) atoms. The summed E-state index contributed by atoms with van der Waals surface area (Å²) in [6.45, 7) is 5.72. The monoisotopic (exact) mass is 211 g/mol. The van der Waals surface area contributed by atoms with Gasteiger partial charge in [-0.3, -0.25) is 0 Å². The molecule has 0 saturated heterocycles. The van der Waals surface area contributed by atoms with E-state index >= 15 is 0 Å². The van der Waals surface area contributed by atoms with Crippen molar-refractivity contribution in [2.75, 3.05) is 13.6 Å². The number of thiophene rings is 1. The van der Waals surface area contributed by atoms with E-state index in [2.05, 4.69) is 36.0 Å². The zero-order chi connectivity index (χ0) is 10.4. The second-order valence-corrected chi connectivity index (χ2v) is 4.83. The van der Waals surface area contributed by atoms with Crippen molar-refractivity contribution in [2.45, 2.75) is 33.1 Å². The van der Waals surface area contributed by atoms with Crippen LogP contribution in [-0.4, -0.2) is 13.6 Å². The quantitative estimate of drug-likeness (QED) is 0.761. The maximum atomic E-state index is 3.33. The highest BCUT2D eigenvalue weighted by Gasteiger charge is 2.25. The van der Waals surface area contributed by atoms with Crippen molar-refractivity contribution in [3.05, 3.63) is 22.4 Å². The van der Waals surface area contributed by atoms with E-state index in [0.717, 1.165) is 6.54 Å². The molecule has 0 radical (unpaired) electrons. The van der Waals surface area contributed by atoms with Gasteiger partial charge in [0, 0.05) is 6.54 Å². The third kappa shape index (κ3) is 2.82. The van der Waals surface area contributed by atoms with Crippen molar-refractivity contribution < 1.29 is 0 Å². The van der Waals surface area contributed by atoms with Crippen molar-refractivity contribution in [3.8, 4) is 0 Å². The molecule has 0 aliphatic carbocycles. The summed E-state index contributed by atoms with van der Waals surface area (Å²) in [5.74, 6) is 0. The topological polar surface area (TPSA) is 12.0 Å². The molecule has 0 aliphatic heterocycles. The molecular formula is C12H21NS. The highest BCUT2D eigenvalue weighted by molar-refractivity contribution is 7.07. The predicted octanol–water partition coefficient (Wildman–Crippen LogP) is 3.32. The Morgan fingerprint density at radius 2 is 2.07 bits per heavy atom. The Labute approximate surface area is 91.5 Å². The number of nitrogens with one attached hydrogen (secondary N) is 1. The van der Waals surface area contributed by atoms with Crippen LogP contribution < -0.4 is 5.32 Å². The third-order valence-electron chi connectivity index (χ3n) is 3.21. The maximum Gasteiger partial charge on any atom is 0.000779 e. The van der Waals surface area contributed by atoms with Crippen LogP contribution in [-0.2, 0) is 6.42 Å². The first-order chi connectivity index (χ1) is 6.76. The fourth-order valence-corrected chi connectivity index (χ4v) is 2.68. The molecule has 1 aromatic heterocycles. The van der Waals surface area contributed by atoms with Crippen LogP contribution in [0.3, 0.4) is 0 Å². The third-order valence-corrected chi connectivity index (χ3v) is 3.94. The maximum absolute atomic E-state index is 3.33. The lowest BCUT2D eigenvalue weighted by Gasteiger charge is -2.31. The van der Waals surface area contributed by atoms with E-state index in [1.54, 1.807) is 11.3 Å². The molecule has 0 unspecified atom stereocenters. The average molecular weight is 211 g/mol. The summed E-state index contributed by atoms with van der Waals surface area (Å²) in [4.78, 5) is 0. The Morgan fingerprint density at radius 3 is 2.50 bits per heavy atom. The predicted molar refractivity (Wildman–Crippen MR) is 65.0 cm³/mol. The van der Waals surface area contributed by atoms with Gasteiger partial charge in [-0.2, -0.15) is 11.3 Å². The van der Waals surface area contributed by atoms with Crippen molar-refractivity contribution in [3.63, 3.8) is 0 Å². The molecule has 1 aromatic rings. The van der Waals surface area contributed by atoms with Crippen LogP contribution in [0, 0.1) is 5.41 Å². The van der Waals surface area contributed by atoms with Gasteiger partial charge in [-0.15, -0.1) is 0 Å². The van der Waals surface area contributed by atoms with E-state index in [1.807, 2.05) is 7.05 Å². The Kier molecular flexibility index (Phi) is 4.63. The zero-order valence-electron chi connectivity index (χ0n) is 9.47. The van der Waals surface area contributed by atoms with Crippen LogP contribution in [0.1, 0.15) is 32.3 Å². The Hall–Kier alpha value is -0.340. The normalized spacial score (nSPS) is 11.9. The minimum atomic E-state index is 0.454. The fraction of sp³-hybridized carbons (Fsp3) is 0.667. The van der Waals surface area contributed by atoms with Crippen LogP contribution in [0.25, 0.3) is 0 Å². The fourth-order valence-electron chi connectivity index (χ4n) is 2.01. The molecule has 0 aliphatic rings. The van der Waals surface area contributed by atoms with Crippen LogP contribution in [0.4, 0.5) is 0 Å². The number of hydrogen-bond acceptors (Lipinski definition) is 2. The molecule has 0 fully saturated rings. The smallest absolute Gasteiger partial charge is 0.000779 e. The molecule has 2 heteroatoms. The standard InChI is InChI=1S/C12H21NS/c1-4-12(5-2,10-13-3)8-11-6-7-14-9-11/h6-7,9,13H,4-5,8,10H2,1-3H3. The SMILES string of the molecule is CCC(CC)(CNC)Cc1ccsc1. The van der Waals surface area contributed by atoms with Crippen molar-refractivity contribution in [2.24, 2.45) is 5.41 Å². The minimum Gasteiger partial charge on any atom is -0.319 e. The first-order valence-electron chi connectivity index (χ1n) is 5.42. The summed E-state index contributed by atoms with van der Waals surface area (Å²) >= 11 is 1.80. The minimum absolute atomic E-state index is 0.454. The summed E-state index contributed by atoms with van der Waals surface area (Å²) in [6.07, 6.45) is 3.71. The highest BCUT2D eigenvalue weighted by atomic mass is 32.1. The van der Waals surface area contributed by atoms with E-state index < -0.39 is 0 Å². The van der Waals surface area contributed by atoms with Gasteiger partial charge in [0.25, 0.3) is 0 Å². The lowest BCUT2D eigenvalue weighted by molar-refractivity contribution is 0.253. The summed E-state index contributed by atoms with van der Waals surface area (Å²) in [6, 6.07) is 2.25. The Bertz CT molecular complexity index is 237. The van der Waals surface area contributed by atoms with E-state index in [9.17, 15) is 0 Å². The molecule has 1 heterocycles. The van der Waals surface area contributed by atoms with E-state index in [1.165, 1.54) is 24.8 Å². The van der Waals surface area contributed by atoms with Crippen LogP contribution in [0.5, 0.6) is 0 Å². The first kappa shape index (κ1) is 11.7. The molecule has 1 rings (SSSR count). The summed E-state index contributed by atoms with van der Waals surface area (Å²) in [5, 5.41) is 7.77. The van der Waals surface area contributed by atoms with Gasteiger partial charge in [0.2, 0.25) is 0 Å². The van der Waals surface area contributed by atoms with Gasteiger partial charge in [0.15, 0.2) is 0 Å². The second-order valence-electron chi connectivity index (χ2n) is 4.05. The van der Waals surface area contributed by atoms with Crippen LogP contribution in [0.15, 0.2) is 16.8 Å². The van der Waals surface area contributed by atoms with Gasteiger partial charge in [-0.05, 0) is 54.1 Å². The largest absolute Gasteiger partial charge is 0.319 e. The van der Waals surface area contributed by atoms with Crippen molar-refractivity contribution in [1.82, 2.24) is 5.32 Å². The second kappa shape index (κ2) is 5.52. The van der Waals surface area contributed by atoms with Gasteiger partial charge >= 0.3 is 0 Å². The molecule has 0 spiro atoms. The summed E-state index contributed by atoms with van der Waals surface area (Å²) in [7, 11) is 2.05. The van der Waals surface area contributed by atoms with Crippen LogP contribution >= 0.6 is 11.3 Å². The van der Waals surface area contributed by atoms with Crippen molar-refractivity contribution in [1.29, 1.82) is 0 Å². The molecule has 1 nitrogen and oxygen atoms in total. The molecule has 1 N–H and O–H groups in total. The van der Waals surface area contributed by atoms with Crippen LogP contribution in [0.2, 0.25) is 0 Å². The molecule has 0 atom stereocenters. The molecule has 0 aromatic carbocycles. The van der Waals surface area contributed by atoms with Crippen molar-refractivity contribution >= 4 is 11.3 Å². The highest BCUT2D eigenvalue weighted by Crippen LogP contribution is 2.30. The summed E-state index contributed by atoms with van der Waals surface area (Å²) in [5.41, 5.74) is 1.95. The Balaban J connectivity index is 2.67. The number of rotatable bonds is 6. The first-order valence-corrected chi connectivity index (χ1v) is 6.36. The lowest BCUT2D eigenvalue weighted by Crippen LogP contribution is -2.33. The molecule has 0 saturated carbocycles. The lowest BCUT2D eigenvalue weighted by atomic mass is 9.77.